The Kier molecular flexibility index (Phi) is 4.41. The van der Waals surface area contributed by atoms with E-state index in [1.807, 2.05) is 6.07 Å². The molecule has 0 saturated carbocycles. The number of alkyl halides is 3. The summed E-state index contributed by atoms with van der Waals surface area (Å²) in [5.41, 5.74) is 1.12. The minimum atomic E-state index is -4.38. The minimum absolute atomic E-state index is 0.0187. The number of halogens is 3. The molecule has 3 aromatic rings. The highest BCUT2D eigenvalue weighted by atomic mass is 19.4. The number of carbonyl (C=O) groups excluding carboxylic acids is 1. The Balaban J connectivity index is 1.67. The van der Waals surface area contributed by atoms with Gasteiger partial charge in [-0.1, -0.05) is 18.2 Å². The summed E-state index contributed by atoms with van der Waals surface area (Å²) in [6, 6.07) is 8.55. The van der Waals surface area contributed by atoms with Gasteiger partial charge in [0.2, 0.25) is 5.91 Å². The number of amides is 1. The quantitative estimate of drug-likeness (QED) is 0.638. The molecule has 8 heteroatoms. The van der Waals surface area contributed by atoms with Crippen molar-refractivity contribution in [2.24, 2.45) is 0 Å². The third-order valence-electron chi connectivity index (χ3n) is 4.78. The van der Waals surface area contributed by atoms with Gasteiger partial charge in [0.1, 0.15) is 5.69 Å². The average Bonchev–Trinajstić information content (AvgIpc) is 3.00. The highest BCUT2D eigenvalue weighted by Crippen LogP contribution is 2.34. The fraction of sp³-hybridized carbons (Fsp3) is 0.250. The first-order valence-corrected chi connectivity index (χ1v) is 8.81. The molecule has 0 unspecified atom stereocenters. The van der Waals surface area contributed by atoms with Crippen LogP contribution in [-0.2, 0) is 11.0 Å². The molecule has 0 atom stereocenters. The van der Waals surface area contributed by atoms with E-state index in [9.17, 15) is 18.0 Å². The molecule has 1 aromatic carbocycles. The molecule has 0 spiro atoms. The van der Waals surface area contributed by atoms with Crippen LogP contribution in [0.4, 0.5) is 13.2 Å². The maximum atomic E-state index is 12.8. The summed E-state index contributed by atoms with van der Waals surface area (Å²) in [7, 11) is 0. The summed E-state index contributed by atoms with van der Waals surface area (Å²) < 4.78 is 40.3. The van der Waals surface area contributed by atoms with E-state index in [-0.39, 0.29) is 11.9 Å². The summed E-state index contributed by atoms with van der Waals surface area (Å²) in [6.07, 6.45) is 0.487. The number of likely N-dealkylation sites (tertiary alicyclic amines) is 1. The van der Waals surface area contributed by atoms with Crippen LogP contribution in [0.5, 0.6) is 0 Å². The number of aromatic nitrogens is 3. The van der Waals surface area contributed by atoms with Gasteiger partial charge in [0, 0.05) is 30.2 Å². The second-order valence-electron chi connectivity index (χ2n) is 6.64. The van der Waals surface area contributed by atoms with Crippen LogP contribution in [0.2, 0.25) is 0 Å². The van der Waals surface area contributed by atoms with E-state index in [0.717, 1.165) is 17.5 Å². The molecule has 3 heterocycles. The van der Waals surface area contributed by atoms with Crippen LogP contribution in [0.15, 0.2) is 54.7 Å². The molecular formula is C20H17F3N4O. The lowest BCUT2D eigenvalue weighted by Crippen LogP contribution is -2.50. The van der Waals surface area contributed by atoms with E-state index >= 15 is 0 Å². The SMILES string of the molecule is C/C=C/C(=O)N1CC(n2nc(-c3ccc(C(F)(F)F)cc3)c3cccnc32)C1. The van der Waals surface area contributed by atoms with Gasteiger partial charge in [-0.15, -0.1) is 0 Å². The Morgan fingerprint density at radius 3 is 2.54 bits per heavy atom. The number of carbonyl (C=O) groups is 1. The van der Waals surface area contributed by atoms with Crippen molar-refractivity contribution in [1.82, 2.24) is 19.7 Å². The molecule has 2 aromatic heterocycles. The molecule has 1 fully saturated rings. The van der Waals surface area contributed by atoms with E-state index < -0.39 is 11.7 Å². The van der Waals surface area contributed by atoms with Crippen LogP contribution in [0.1, 0.15) is 18.5 Å². The van der Waals surface area contributed by atoms with Crippen molar-refractivity contribution in [2.75, 3.05) is 13.1 Å². The molecule has 5 nitrogen and oxygen atoms in total. The maximum Gasteiger partial charge on any atom is 0.416 e. The highest BCUT2D eigenvalue weighted by Gasteiger charge is 2.34. The van der Waals surface area contributed by atoms with E-state index in [1.54, 1.807) is 34.8 Å². The number of benzene rings is 1. The summed E-state index contributed by atoms with van der Waals surface area (Å²) in [4.78, 5) is 18.0. The van der Waals surface area contributed by atoms with Crippen LogP contribution in [0, 0.1) is 0 Å². The molecule has 0 radical (unpaired) electrons. The minimum Gasteiger partial charge on any atom is -0.335 e. The Morgan fingerprint density at radius 1 is 1.18 bits per heavy atom. The van der Waals surface area contributed by atoms with E-state index in [2.05, 4.69) is 10.1 Å². The fourth-order valence-electron chi connectivity index (χ4n) is 3.30. The second-order valence-corrected chi connectivity index (χ2v) is 6.64. The van der Waals surface area contributed by atoms with Gasteiger partial charge in [-0.25, -0.2) is 9.67 Å². The summed E-state index contributed by atoms with van der Waals surface area (Å²) >= 11 is 0. The van der Waals surface area contributed by atoms with Crippen LogP contribution in [0.25, 0.3) is 22.3 Å². The molecule has 1 aliphatic rings. The normalized spacial score (nSPS) is 15.4. The number of pyridine rings is 1. The highest BCUT2D eigenvalue weighted by molar-refractivity contribution is 5.91. The standard InChI is InChI=1S/C20H17F3N4O/c1-2-4-17(28)26-11-15(12-26)27-19-16(5-3-10-24-19)18(25-27)13-6-8-14(9-7-13)20(21,22)23/h2-10,15H,11-12H2,1H3/b4-2+. The van der Waals surface area contributed by atoms with Crippen molar-refractivity contribution in [1.29, 1.82) is 0 Å². The molecule has 0 aliphatic carbocycles. The zero-order chi connectivity index (χ0) is 19.9. The summed E-state index contributed by atoms with van der Waals surface area (Å²) in [5, 5.41) is 5.39. The molecule has 1 aliphatic heterocycles. The van der Waals surface area contributed by atoms with Gasteiger partial charge in [0.25, 0.3) is 0 Å². The first-order chi connectivity index (χ1) is 13.4. The number of hydrogen-bond acceptors (Lipinski definition) is 3. The number of hydrogen-bond donors (Lipinski definition) is 0. The Labute approximate surface area is 159 Å². The number of fused-ring (bicyclic) bond motifs is 1. The summed E-state index contributed by atoms with van der Waals surface area (Å²) in [6.45, 7) is 2.82. The van der Waals surface area contributed by atoms with Gasteiger partial charge >= 0.3 is 6.18 Å². The van der Waals surface area contributed by atoms with Crippen LogP contribution < -0.4 is 0 Å². The van der Waals surface area contributed by atoms with Crippen molar-refractivity contribution >= 4 is 16.9 Å². The first kappa shape index (κ1) is 18.2. The molecule has 1 amide bonds. The van der Waals surface area contributed by atoms with Crippen molar-refractivity contribution in [3.05, 3.63) is 60.3 Å². The third kappa shape index (κ3) is 3.15. The van der Waals surface area contributed by atoms with Crippen molar-refractivity contribution in [3.63, 3.8) is 0 Å². The van der Waals surface area contributed by atoms with Gasteiger partial charge in [0.05, 0.1) is 11.6 Å². The fourth-order valence-corrected chi connectivity index (χ4v) is 3.30. The Bertz CT molecular complexity index is 1050. The van der Waals surface area contributed by atoms with Gasteiger partial charge in [-0.2, -0.15) is 18.3 Å². The number of rotatable bonds is 3. The largest absolute Gasteiger partial charge is 0.416 e. The topological polar surface area (TPSA) is 51.0 Å². The molecule has 1 saturated heterocycles. The average molecular weight is 386 g/mol. The van der Waals surface area contributed by atoms with E-state index in [4.69, 9.17) is 0 Å². The van der Waals surface area contributed by atoms with E-state index in [0.29, 0.717) is 30.0 Å². The maximum absolute atomic E-state index is 12.8. The zero-order valence-electron chi connectivity index (χ0n) is 15.0. The van der Waals surface area contributed by atoms with Crippen LogP contribution in [0.3, 0.4) is 0 Å². The lowest BCUT2D eigenvalue weighted by atomic mass is 10.1. The summed E-state index contributed by atoms with van der Waals surface area (Å²) in [5.74, 6) is -0.0499. The Morgan fingerprint density at radius 2 is 1.89 bits per heavy atom. The monoisotopic (exact) mass is 386 g/mol. The lowest BCUT2D eigenvalue weighted by molar-refractivity contribution is -0.137. The molecule has 4 rings (SSSR count). The number of nitrogens with zero attached hydrogens (tertiary/aromatic N) is 4. The second kappa shape index (κ2) is 6.78. The van der Waals surface area contributed by atoms with Crippen molar-refractivity contribution in [3.8, 4) is 11.3 Å². The van der Waals surface area contributed by atoms with Gasteiger partial charge < -0.3 is 4.90 Å². The van der Waals surface area contributed by atoms with Gasteiger partial charge in [-0.3, -0.25) is 4.79 Å². The zero-order valence-corrected chi connectivity index (χ0v) is 15.0. The predicted molar refractivity (Wildman–Crippen MR) is 98.4 cm³/mol. The molecule has 0 N–H and O–H groups in total. The predicted octanol–water partition coefficient (Wildman–Crippen LogP) is 4.08. The van der Waals surface area contributed by atoms with Crippen molar-refractivity contribution < 1.29 is 18.0 Å². The Hall–Kier alpha value is -3.16. The van der Waals surface area contributed by atoms with E-state index in [1.165, 1.54) is 18.2 Å². The number of allylic oxidation sites excluding steroid dienone is 1. The third-order valence-corrected chi connectivity index (χ3v) is 4.78. The lowest BCUT2D eigenvalue weighted by Gasteiger charge is -2.38. The van der Waals surface area contributed by atoms with Crippen LogP contribution >= 0.6 is 0 Å². The molecule has 0 bridgehead atoms. The first-order valence-electron chi connectivity index (χ1n) is 8.81. The molecule has 144 valence electrons. The van der Waals surface area contributed by atoms with Gasteiger partial charge in [-0.05, 0) is 37.3 Å². The van der Waals surface area contributed by atoms with Crippen molar-refractivity contribution in [2.45, 2.75) is 19.1 Å². The van der Waals surface area contributed by atoms with Gasteiger partial charge in [0.15, 0.2) is 5.65 Å². The molecular weight excluding hydrogens is 369 g/mol. The smallest absolute Gasteiger partial charge is 0.335 e. The molecule has 28 heavy (non-hydrogen) atoms. The van der Waals surface area contributed by atoms with Crippen LogP contribution in [-0.4, -0.2) is 38.7 Å².